The minimum atomic E-state index is -0.577. The van der Waals surface area contributed by atoms with Crippen molar-refractivity contribution in [1.82, 2.24) is 9.97 Å². The molecule has 1 unspecified atom stereocenters. The van der Waals surface area contributed by atoms with Crippen LogP contribution in [0, 0.1) is 13.8 Å². The van der Waals surface area contributed by atoms with Gasteiger partial charge < -0.3 is 5.21 Å². The van der Waals surface area contributed by atoms with Crippen molar-refractivity contribution in [2.24, 2.45) is 5.16 Å². The molecule has 0 aliphatic heterocycles. The third kappa shape index (κ3) is 3.40. The van der Waals surface area contributed by atoms with E-state index in [1.54, 1.807) is 6.20 Å². The lowest BCUT2D eigenvalue weighted by Crippen LogP contribution is -2.32. The van der Waals surface area contributed by atoms with Crippen LogP contribution in [0.25, 0.3) is 0 Å². The standard InChI is InChI=1S/C21H20BrN3O/c1-15-4-3-11-24-20(15)21(10-13-25-26,17-5-7-19(22)8-6-17)18-9-12-23-16(2)14-18/h3-9,11-14,26H,10H2,1-2H3/b25-13+. The van der Waals surface area contributed by atoms with Crippen molar-refractivity contribution in [1.29, 1.82) is 0 Å². The minimum Gasteiger partial charge on any atom is -0.411 e. The lowest BCUT2D eigenvalue weighted by Gasteiger charge is -2.35. The Labute approximate surface area is 161 Å². The van der Waals surface area contributed by atoms with E-state index >= 15 is 0 Å². The highest BCUT2D eigenvalue weighted by atomic mass is 79.9. The molecule has 1 atom stereocenters. The monoisotopic (exact) mass is 409 g/mol. The van der Waals surface area contributed by atoms with Crippen LogP contribution in [0.1, 0.15) is 34.5 Å². The van der Waals surface area contributed by atoms with Gasteiger partial charge in [0, 0.05) is 35.2 Å². The van der Waals surface area contributed by atoms with E-state index in [1.165, 1.54) is 6.21 Å². The topological polar surface area (TPSA) is 58.4 Å². The van der Waals surface area contributed by atoms with Crippen molar-refractivity contribution < 1.29 is 5.21 Å². The zero-order valence-corrected chi connectivity index (χ0v) is 16.3. The number of halogens is 1. The van der Waals surface area contributed by atoms with Crippen molar-refractivity contribution in [2.45, 2.75) is 25.7 Å². The van der Waals surface area contributed by atoms with E-state index in [-0.39, 0.29) is 0 Å². The van der Waals surface area contributed by atoms with Crippen LogP contribution in [0.4, 0.5) is 0 Å². The summed E-state index contributed by atoms with van der Waals surface area (Å²) in [6.45, 7) is 4.03. The minimum absolute atomic E-state index is 0.479. The molecular weight excluding hydrogens is 390 g/mol. The fraction of sp³-hybridized carbons (Fsp3) is 0.190. The molecule has 3 rings (SSSR count). The highest BCUT2D eigenvalue weighted by Crippen LogP contribution is 2.42. The van der Waals surface area contributed by atoms with Gasteiger partial charge in [-0.2, -0.15) is 0 Å². The van der Waals surface area contributed by atoms with Crippen molar-refractivity contribution in [2.75, 3.05) is 0 Å². The Kier molecular flexibility index (Phi) is 5.47. The van der Waals surface area contributed by atoms with E-state index in [0.717, 1.165) is 32.6 Å². The molecule has 2 aromatic heterocycles. The number of benzene rings is 1. The number of rotatable bonds is 5. The summed E-state index contributed by atoms with van der Waals surface area (Å²) in [5, 5.41) is 12.5. The second-order valence-corrected chi connectivity index (χ2v) is 7.18. The number of aromatic nitrogens is 2. The smallest absolute Gasteiger partial charge is 0.0678 e. The molecule has 0 saturated carbocycles. The average Bonchev–Trinajstić information content (AvgIpc) is 2.65. The van der Waals surface area contributed by atoms with Crippen LogP contribution in [-0.2, 0) is 5.41 Å². The summed E-state index contributed by atoms with van der Waals surface area (Å²) in [5.41, 5.74) is 4.51. The van der Waals surface area contributed by atoms with Gasteiger partial charge in [0.05, 0.1) is 11.1 Å². The summed E-state index contributed by atoms with van der Waals surface area (Å²) in [7, 11) is 0. The molecular formula is C21H20BrN3O. The van der Waals surface area contributed by atoms with Crippen LogP contribution in [0.3, 0.4) is 0 Å². The Morgan fingerprint density at radius 2 is 1.81 bits per heavy atom. The second kappa shape index (κ2) is 7.79. The first-order valence-electron chi connectivity index (χ1n) is 8.35. The van der Waals surface area contributed by atoms with Crippen LogP contribution in [-0.4, -0.2) is 21.4 Å². The van der Waals surface area contributed by atoms with Gasteiger partial charge >= 0.3 is 0 Å². The van der Waals surface area contributed by atoms with Crippen LogP contribution in [0.15, 0.2) is 70.6 Å². The van der Waals surface area contributed by atoms with Crippen LogP contribution in [0.5, 0.6) is 0 Å². The highest BCUT2D eigenvalue weighted by Gasteiger charge is 2.38. The normalized spacial score (nSPS) is 13.7. The quantitative estimate of drug-likeness (QED) is 0.364. The van der Waals surface area contributed by atoms with Gasteiger partial charge in [0.25, 0.3) is 0 Å². The van der Waals surface area contributed by atoms with E-state index in [4.69, 9.17) is 10.2 Å². The number of nitrogens with zero attached hydrogens (tertiary/aromatic N) is 3. The summed E-state index contributed by atoms with van der Waals surface area (Å²) < 4.78 is 1.01. The van der Waals surface area contributed by atoms with Crippen molar-refractivity contribution in [3.05, 3.63) is 93.5 Å². The summed E-state index contributed by atoms with van der Waals surface area (Å²) in [5.74, 6) is 0. The zero-order valence-electron chi connectivity index (χ0n) is 14.7. The Bertz CT molecular complexity index is 925. The van der Waals surface area contributed by atoms with Crippen molar-refractivity contribution in [3.63, 3.8) is 0 Å². The number of pyridine rings is 2. The first-order chi connectivity index (χ1) is 12.6. The van der Waals surface area contributed by atoms with Gasteiger partial charge in [-0.25, -0.2) is 0 Å². The maximum Gasteiger partial charge on any atom is 0.0678 e. The number of oxime groups is 1. The van der Waals surface area contributed by atoms with Gasteiger partial charge in [-0.1, -0.05) is 34.1 Å². The largest absolute Gasteiger partial charge is 0.411 e. The summed E-state index contributed by atoms with van der Waals surface area (Å²) in [6, 6.07) is 16.3. The maximum atomic E-state index is 9.17. The zero-order chi connectivity index (χ0) is 18.6. The first kappa shape index (κ1) is 18.3. The molecule has 0 fully saturated rings. The maximum absolute atomic E-state index is 9.17. The van der Waals surface area contributed by atoms with Gasteiger partial charge in [0.2, 0.25) is 0 Å². The highest BCUT2D eigenvalue weighted by molar-refractivity contribution is 9.10. The number of hydrogen-bond donors (Lipinski definition) is 1. The predicted octanol–water partition coefficient (Wildman–Crippen LogP) is 5.04. The number of hydrogen-bond acceptors (Lipinski definition) is 4. The predicted molar refractivity (Wildman–Crippen MR) is 107 cm³/mol. The molecule has 26 heavy (non-hydrogen) atoms. The lowest BCUT2D eigenvalue weighted by molar-refractivity contribution is 0.319. The average molecular weight is 410 g/mol. The summed E-state index contributed by atoms with van der Waals surface area (Å²) in [4.78, 5) is 9.08. The molecule has 0 radical (unpaired) electrons. The number of aryl methyl sites for hydroxylation is 2. The second-order valence-electron chi connectivity index (χ2n) is 6.27. The molecule has 0 spiro atoms. The Balaban J connectivity index is 2.38. The molecule has 0 amide bonds. The fourth-order valence-electron chi connectivity index (χ4n) is 3.43. The molecule has 0 aliphatic carbocycles. The van der Waals surface area contributed by atoms with E-state index in [9.17, 15) is 0 Å². The van der Waals surface area contributed by atoms with Crippen LogP contribution < -0.4 is 0 Å². The van der Waals surface area contributed by atoms with Gasteiger partial charge in [-0.15, -0.1) is 5.16 Å². The molecule has 2 heterocycles. The first-order valence-corrected chi connectivity index (χ1v) is 9.14. The SMILES string of the molecule is Cc1cc(C(C/C=N/O)(c2ccc(Br)cc2)c2ncccc2C)ccn1. The lowest BCUT2D eigenvalue weighted by atomic mass is 9.68. The Morgan fingerprint density at radius 1 is 1.04 bits per heavy atom. The summed E-state index contributed by atoms with van der Waals surface area (Å²) >= 11 is 3.51. The molecule has 0 bridgehead atoms. The van der Waals surface area contributed by atoms with Gasteiger partial charge in [0.1, 0.15) is 0 Å². The molecule has 0 saturated heterocycles. The van der Waals surface area contributed by atoms with E-state index in [2.05, 4.69) is 57.3 Å². The molecule has 5 heteroatoms. The fourth-order valence-corrected chi connectivity index (χ4v) is 3.69. The Morgan fingerprint density at radius 3 is 2.46 bits per heavy atom. The van der Waals surface area contributed by atoms with Gasteiger partial charge in [-0.3, -0.25) is 9.97 Å². The third-order valence-corrected chi connectivity index (χ3v) is 5.15. The van der Waals surface area contributed by atoms with Crippen molar-refractivity contribution >= 4 is 22.1 Å². The Hall–Kier alpha value is -2.53. The van der Waals surface area contributed by atoms with Gasteiger partial charge in [0.15, 0.2) is 0 Å². The molecule has 3 aromatic rings. The molecule has 1 N–H and O–H groups in total. The molecule has 132 valence electrons. The molecule has 0 aliphatic rings. The van der Waals surface area contributed by atoms with E-state index < -0.39 is 5.41 Å². The molecule has 1 aromatic carbocycles. The third-order valence-electron chi connectivity index (χ3n) is 4.62. The van der Waals surface area contributed by atoms with Crippen molar-refractivity contribution in [3.8, 4) is 0 Å². The van der Waals surface area contributed by atoms with Crippen LogP contribution >= 0.6 is 15.9 Å². The van der Waals surface area contributed by atoms with Crippen LogP contribution in [0.2, 0.25) is 0 Å². The molecule has 4 nitrogen and oxygen atoms in total. The van der Waals surface area contributed by atoms with Gasteiger partial charge in [-0.05, 0) is 60.9 Å². The summed E-state index contributed by atoms with van der Waals surface area (Å²) in [6.07, 6.45) is 5.63. The van der Waals surface area contributed by atoms with E-state index in [0.29, 0.717) is 6.42 Å². The van der Waals surface area contributed by atoms with E-state index in [1.807, 2.05) is 37.4 Å².